The lowest BCUT2D eigenvalue weighted by molar-refractivity contribution is 0.103. The molecule has 0 saturated carbocycles. The van der Waals surface area contributed by atoms with Crippen molar-refractivity contribution >= 4 is 5.78 Å². The molecule has 0 bridgehead atoms. The minimum atomic E-state index is -0.425. The van der Waals surface area contributed by atoms with E-state index >= 15 is 0 Å². The SMILES string of the molecule is CCCc1c(OCCCCCC#N)ccc(C(=O)c2ccccc2O)c1O. The van der Waals surface area contributed by atoms with E-state index in [0.717, 1.165) is 25.7 Å². The first kappa shape index (κ1) is 20.3. The second kappa shape index (κ2) is 10.2. The normalized spacial score (nSPS) is 10.4. The van der Waals surface area contributed by atoms with Crippen LogP contribution in [-0.4, -0.2) is 22.6 Å². The number of nitrogens with zero attached hydrogens (tertiary/aromatic N) is 1. The van der Waals surface area contributed by atoms with Crippen LogP contribution in [0.4, 0.5) is 0 Å². The Labute approximate surface area is 159 Å². The van der Waals surface area contributed by atoms with Crippen molar-refractivity contribution < 1.29 is 19.7 Å². The number of hydrogen-bond acceptors (Lipinski definition) is 5. The van der Waals surface area contributed by atoms with Gasteiger partial charge in [-0.25, -0.2) is 0 Å². The summed E-state index contributed by atoms with van der Waals surface area (Å²) in [4.78, 5) is 12.7. The van der Waals surface area contributed by atoms with Crippen molar-refractivity contribution in [2.45, 2.75) is 45.4 Å². The Bertz CT molecular complexity index is 824. The molecule has 142 valence electrons. The number of hydrogen-bond donors (Lipinski definition) is 2. The molecule has 0 saturated heterocycles. The molecule has 0 spiro atoms. The quantitative estimate of drug-likeness (QED) is 0.467. The van der Waals surface area contributed by atoms with Gasteiger partial charge < -0.3 is 14.9 Å². The molecular formula is C22H25NO4. The van der Waals surface area contributed by atoms with Crippen molar-refractivity contribution in [2.24, 2.45) is 0 Å². The summed E-state index contributed by atoms with van der Waals surface area (Å²) in [5, 5.41) is 29.1. The molecule has 2 N–H and O–H groups in total. The van der Waals surface area contributed by atoms with Crippen molar-refractivity contribution in [1.82, 2.24) is 0 Å². The summed E-state index contributed by atoms with van der Waals surface area (Å²) in [6.45, 7) is 2.48. The van der Waals surface area contributed by atoms with Gasteiger partial charge >= 0.3 is 0 Å². The Morgan fingerprint density at radius 2 is 1.85 bits per heavy atom. The van der Waals surface area contributed by atoms with Crippen molar-refractivity contribution in [2.75, 3.05) is 6.61 Å². The van der Waals surface area contributed by atoms with Crippen LogP contribution in [-0.2, 0) is 6.42 Å². The van der Waals surface area contributed by atoms with Gasteiger partial charge in [0.2, 0.25) is 0 Å². The van der Waals surface area contributed by atoms with Crippen LogP contribution < -0.4 is 4.74 Å². The van der Waals surface area contributed by atoms with Gasteiger partial charge in [-0.2, -0.15) is 5.26 Å². The largest absolute Gasteiger partial charge is 0.507 e. The fraction of sp³-hybridized carbons (Fsp3) is 0.364. The fourth-order valence-electron chi connectivity index (χ4n) is 2.90. The number of nitriles is 1. The van der Waals surface area contributed by atoms with E-state index in [-0.39, 0.29) is 22.6 Å². The van der Waals surface area contributed by atoms with E-state index in [2.05, 4.69) is 6.07 Å². The van der Waals surface area contributed by atoms with Crippen molar-refractivity contribution in [3.63, 3.8) is 0 Å². The second-order valence-electron chi connectivity index (χ2n) is 6.35. The van der Waals surface area contributed by atoms with Gasteiger partial charge in [-0.3, -0.25) is 4.79 Å². The van der Waals surface area contributed by atoms with Crippen LogP contribution >= 0.6 is 0 Å². The number of phenols is 2. The molecule has 0 atom stereocenters. The number of unbranched alkanes of at least 4 members (excludes halogenated alkanes) is 3. The molecule has 0 aliphatic carbocycles. The lowest BCUT2D eigenvalue weighted by Gasteiger charge is -2.15. The summed E-state index contributed by atoms with van der Waals surface area (Å²) in [6.07, 6.45) is 4.50. The number of aromatic hydroxyl groups is 2. The van der Waals surface area contributed by atoms with E-state index in [0.29, 0.717) is 30.8 Å². The predicted molar refractivity (Wildman–Crippen MR) is 103 cm³/mol. The van der Waals surface area contributed by atoms with Crippen molar-refractivity contribution in [1.29, 1.82) is 5.26 Å². The molecule has 2 aromatic rings. The lowest BCUT2D eigenvalue weighted by Crippen LogP contribution is -2.06. The highest BCUT2D eigenvalue weighted by molar-refractivity contribution is 6.12. The number of para-hydroxylation sites is 1. The number of ether oxygens (including phenoxy) is 1. The van der Waals surface area contributed by atoms with Gasteiger partial charge in [0.1, 0.15) is 17.2 Å². The smallest absolute Gasteiger partial charge is 0.200 e. The van der Waals surface area contributed by atoms with Gasteiger partial charge in [-0.05, 0) is 49.9 Å². The summed E-state index contributed by atoms with van der Waals surface area (Å²) < 4.78 is 5.81. The minimum Gasteiger partial charge on any atom is -0.507 e. The van der Waals surface area contributed by atoms with Crippen LogP contribution in [0.2, 0.25) is 0 Å². The third kappa shape index (κ3) is 5.24. The zero-order valence-corrected chi connectivity index (χ0v) is 15.6. The minimum absolute atomic E-state index is 0.0907. The first-order valence-electron chi connectivity index (χ1n) is 9.27. The predicted octanol–water partition coefficient (Wildman–Crippen LogP) is 4.74. The molecule has 0 aliphatic heterocycles. The average molecular weight is 367 g/mol. The molecule has 0 fully saturated rings. The summed E-state index contributed by atoms with van der Waals surface area (Å²) in [6, 6.07) is 11.6. The second-order valence-corrected chi connectivity index (χ2v) is 6.35. The van der Waals surface area contributed by atoms with Gasteiger partial charge in [0.05, 0.1) is 23.8 Å². The summed E-state index contributed by atoms with van der Waals surface area (Å²) in [7, 11) is 0. The number of carbonyl (C=O) groups is 1. The maximum Gasteiger partial charge on any atom is 0.200 e. The Kier molecular flexibility index (Phi) is 7.69. The van der Waals surface area contributed by atoms with E-state index < -0.39 is 5.78 Å². The highest BCUT2D eigenvalue weighted by atomic mass is 16.5. The first-order valence-corrected chi connectivity index (χ1v) is 9.27. The molecular weight excluding hydrogens is 342 g/mol. The van der Waals surface area contributed by atoms with Gasteiger partial charge in [0.15, 0.2) is 5.78 Å². The molecule has 0 radical (unpaired) electrons. The molecule has 0 aromatic heterocycles. The van der Waals surface area contributed by atoms with Crippen LogP contribution in [0, 0.1) is 11.3 Å². The van der Waals surface area contributed by atoms with E-state index in [4.69, 9.17) is 10.00 Å². The standard InChI is InChI=1S/C22H25NO4/c1-2-9-17-20(27-15-8-4-3-7-14-23)13-12-18(22(17)26)21(25)16-10-5-6-11-19(16)24/h5-6,10-13,24,26H,2-4,7-9,15H2,1H3. The Balaban J connectivity index is 2.19. The van der Waals surface area contributed by atoms with E-state index in [9.17, 15) is 15.0 Å². The van der Waals surface area contributed by atoms with Crippen LogP contribution in [0.25, 0.3) is 0 Å². The zero-order valence-electron chi connectivity index (χ0n) is 15.6. The maximum absolute atomic E-state index is 12.7. The monoisotopic (exact) mass is 367 g/mol. The molecule has 0 aliphatic rings. The van der Waals surface area contributed by atoms with Crippen LogP contribution in [0.3, 0.4) is 0 Å². The molecule has 0 amide bonds. The van der Waals surface area contributed by atoms with Gasteiger partial charge in [-0.15, -0.1) is 0 Å². The van der Waals surface area contributed by atoms with Crippen LogP contribution in [0.5, 0.6) is 17.2 Å². The third-order valence-electron chi connectivity index (χ3n) is 4.32. The maximum atomic E-state index is 12.7. The topological polar surface area (TPSA) is 90.5 Å². The van der Waals surface area contributed by atoms with E-state index in [1.54, 1.807) is 18.2 Å². The highest BCUT2D eigenvalue weighted by Gasteiger charge is 2.21. The number of carbonyl (C=O) groups excluding carboxylic acids is 1. The summed E-state index contributed by atoms with van der Waals surface area (Å²) >= 11 is 0. The Hall–Kier alpha value is -3.00. The third-order valence-corrected chi connectivity index (χ3v) is 4.32. The van der Waals surface area contributed by atoms with E-state index in [1.165, 1.54) is 18.2 Å². The van der Waals surface area contributed by atoms with Crippen molar-refractivity contribution in [3.8, 4) is 23.3 Å². The molecule has 0 heterocycles. The molecule has 2 aromatic carbocycles. The molecule has 27 heavy (non-hydrogen) atoms. The van der Waals surface area contributed by atoms with Gasteiger partial charge in [0, 0.05) is 12.0 Å². The van der Waals surface area contributed by atoms with Crippen LogP contribution in [0.15, 0.2) is 36.4 Å². The number of benzene rings is 2. The average Bonchev–Trinajstić information content (AvgIpc) is 2.67. The molecule has 2 rings (SSSR count). The molecule has 5 heteroatoms. The zero-order chi connectivity index (χ0) is 19.6. The summed E-state index contributed by atoms with van der Waals surface area (Å²) in [5.41, 5.74) is 0.915. The highest BCUT2D eigenvalue weighted by Crippen LogP contribution is 2.35. The molecule has 5 nitrogen and oxygen atoms in total. The number of rotatable bonds is 10. The number of ketones is 1. The fourth-order valence-corrected chi connectivity index (χ4v) is 2.90. The van der Waals surface area contributed by atoms with E-state index in [1.807, 2.05) is 6.92 Å². The van der Waals surface area contributed by atoms with Gasteiger partial charge in [0.25, 0.3) is 0 Å². The van der Waals surface area contributed by atoms with Crippen LogP contribution in [0.1, 0.15) is 60.5 Å². The summed E-state index contributed by atoms with van der Waals surface area (Å²) in [5.74, 6) is -0.0572. The van der Waals surface area contributed by atoms with Crippen molar-refractivity contribution in [3.05, 3.63) is 53.1 Å². The number of phenolic OH excluding ortho intramolecular Hbond substituents is 2. The lowest BCUT2D eigenvalue weighted by atomic mass is 9.97. The molecule has 0 unspecified atom stereocenters. The Morgan fingerprint density at radius 3 is 2.56 bits per heavy atom. The first-order chi connectivity index (χ1) is 13.1. The van der Waals surface area contributed by atoms with Gasteiger partial charge in [-0.1, -0.05) is 25.5 Å². The Morgan fingerprint density at radius 1 is 1.07 bits per heavy atom.